The molecule has 0 N–H and O–H groups in total. The summed E-state index contributed by atoms with van der Waals surface area (Å²) in [6.07, 6.45) is -3.08. The molecule has 6 nitrogen and oxygen atoms in total. The number of carbonyl (C=O) groups excluding carboxylic acids is 1. The molecule has 1 aliphatic rings. The first-order valence-electron chi connectivity index (χ1n) is 11.2. The molecule has 186 valence electrons. The number of likely N-dealkylation sites (N-methyl/N-ethyl adjacent to an activating group) is 1. The minimum atomic E-state index is -4.42. The molecular formula is C25H26ClF3N4O2. The Bertz CT molecular complexity index is 1160. The Balaban J connectivity index is 1.51. The molecule has 0 spiro atoms. The normalized spacial score (nSPS) is 15.1. The first-order valence-corrected chi connectivity index (χ1v) is 11.6. The van der Waals surface area contributed by atoms with Crippen LogP contribution in [0.1, 0.15) is 33.1 Å². The first-order chi connectivity index (χ1) is 16.7. The van der Waals surface area contributed by atoms with Gasteiger partial charge in [0.1, 0.15) is 6.26 Å². The summed E-state index contributed by atoms with van der Waals surface area (Å²) in [7, 11) is 2.01. The second-order valence-corrected chi connectivity index (χ2v) is 9.13. The fourth-order valence-corrected chi connectivity index (χ4v) is 4.22. The highest BCUT2D eigenvalue weighted by Gasteiger charge is 2.30. The number of amides is 1. The topological polar surface area (TPSA) is 52.8 Å². The van der Waals surface area contributed by atoms with Crippen molar-refractivity contribution >= 4 is 17.5 Å². The molecule has 0 atom stereocenters. The molecule has 1 amide bonds. The van der Waals surface area contributed by atoms with E-state index in [1.807, 2.05) is 24.1 Å². The van der Waals surface area contributed by atoms with Gasteiger partial charge in [0, 0.05) is 44.3 Å². The Hall–Kier alpha value is -2.88. The third kappa shape index (κ3) is 6.84. The minimum Gasteiger partial charge on any atom is -0.447 e. The van der Waals surface area contributed by atoms with E-state index in [0.717, 1.165) is 30.8 Å². The van der Waals surface area contributed by atoms with Gasteiger partial charge in [-0.15, -0.1) is 0 Å². The van der Waals surface area contributed by atoms with Crippen molar-refractivity contribution in [3.8, 4) is 0 Å². The predicted octanol–water partition coefficient (Wildman–Crippen LogP) is 4.94. The largest absolute Gasteiger partial charge is 0.447 e. The average Bonchev–Trinajstić information content (AvgIpc) is 3.27. The zero-order valence-electron chi connectivity index (χ0n) is 19.3. The fourth-order valence-electron chi connectivity index (χ4n) is 4.01. The number of piperazine rings is 1. The van der Waals surface area contributed by atoms with Crippen LogP contribution < -0.4 is 0 Å². The summed E-state index contributed by atoms with van der Waals surface area (Å²) in [5.41, 5.74) is 0.923. The van der Waals surface area contributed by atoms with E-state index in [2.05, 4.69) is 9.88 Å². The third-order valence-electron chi connectivity index (χ3n) is 5.88. The number of carbonyl (C=O) groups is 1. The van der Waals surface area contributed by atoms with E-state index in [4.69, 9.17) is 16.0 Å². The molecule has 0 saturated carbocycles. The lowest BCUT2D eigenvalue weighted by Crippen LogP contribution is -2.47. The molecule has 3 aromatic rings. The molecule has 0 bridgehead atoms. The molecule has 1 aliphatic heterocycles. The lowest BCUT2D eigenvalue weighted by Gasteiger charge is -2.31. The van der Waals surface area contributed by atoms with Crippen LogP contribution in [-0.4, -0.2) is 58.8 Å². The van der Waals surface area contributed by atoms with Gasteiger partial charge in [-0.05, 0) is 36.4 Å². The van der Waals surface area contributed by atoms with Gasteiger partial charge in [0.2, 0.25) is 5.89 Å². The van der Waals surface area contributed by atoms with Crippen LogP contribution in [0, 0.1) is 0 Å². The molecule has 10 heteroatoms. The van der Waals surface area contributed by atoms with Crippen molar-refractivity contribution in [2.24, 2.45) is 0 Å². The van der Waals surface area contributed by atoms with Crippen molar-refractivity contribution in [2.45, 2.75) is 25.8 Å². The van der Waals surface area contributed by atoms with Gasteiger partial charge in [0.05, 0.1) is 12.1 Å². The zero-order valence-corrected chi connectivity index (χ0v) is 20.0. The van der Waals surface area contributed by atoms with Gasteiger partial charge in [-0.1, -0.05) is 41.9 Å². The van der Waals surface area contributed by atoms with Crippen LogP contribution in [0.5, 0.6) is 0 Å². The smallest absolute Gasteiger partial charge is 0.416 e. The van der Waals surface area contributed by atoms with E-state index < -0.39 is 11.7 Å². The van der Waals surface area contributed by atoms with Gasteiger partial charge >= 0.3 is 6.18 Å². The number of oxazole rings is 1. The molecule has 1 fully saturated rings. The number of hydrogen-bond donors (Lipinski definition) is 0. The summed E-state index contributed by atoms with van der Waals surface area (Å²) < 4.78 is 45.2. The van der Waals surface area contributed by atoms with Crippen molar-refractivity contribution in [1.82, 2.24) is 19.7 Å². The number of rotatable bonds is 7. The lowest BCUT2D eigenvalue weighted by atomic mass is 10.1. The second-order valence-electron chi connectivity index (χ2n) is 8.70. The van der Waals surface area contributed by atoms with Gasteiger partial charge in [-0.3, -0.25) is 9.69 Å². The Morgan fingerprint density at radius 2 is 1.69 bits per heavy atom. The molecular weight excluding hydrogens is 481 g/mol. The first kappa shape index (κ1) is 25.2. The average molecular weight is 507 g/mol. The number of alkyl halides is 3. The maximum absolute atomic E-state index is 13.2. The molecule has 1 aromatic heterocycles. The van der Waals surface area contributed by atoms with E-state index in [0.29, 0.717) is 36.1 Å². The summed E-state index contributed by atoms with van der Waals surface area (Å²) >= 11 is 6.12. The van der Waals surface area contributed by atoms with E-state index in [1.54, 1.807) is 23.1 Å². The number of nitrogens with zero attached hydrogens (tertiary/aromatic N) is 4. The van der Waals surface area contributed by atoms with Crippen LogP contribution in [0.25, 0.3) is 0 Å². The van der Waals surface area contributed by atoms with Gasteiger partial charge in [-0.25, -0.2) is 4.98 Å². The van der Waals surface area contributed by atoms with E-state index in [1.165, 1.54) is 12.3 Å². The van der Waals surface area contributed by atoms with E-state index >= 15 is 0 Å². The summed E-state index contributed by atoms with van der Waals surface area (Å²) in [4.78, 5) is 23.0. The highest BCUT2D eigenvalue weighted by Crippen LogP contribution is 2.30. The lowest BCUT2D eigenvalue weighted by molar-refractivity contribution is -0.137. The number of benzene rings is 2. The molecule has 0 radical (unpaired) electrons. The molecule has 1 saturated heterocycles. The molecule has 0 unspecified atom stereocenters. The van der Waals surface area contributed by atoms with Gasteiger partial charge in [-0.2, -0.15) is 13.2 Å². The zero-order chi connectivity index (χ0) is 25.0. The second kappa shape index (κ2) is 10.8. The van der Waals surface area contributed by atoms with E-state index in [9.17, 15) is 18.0 Å². The summed E-state index contributed by atoms with van der Waals surface area (Å²) in [6, 6.07) is 12.5. The molecule has 2 heterocycles. The van der Waals surface area contributed by atoms with Gasteiger partial charge in [0.25, 0.3) is 5.91 Å². The van der Waals surface area contributed by atoms with Crippen LogP contribution >= 0.6 is 11.6 Å². The Morgan fingerprint density at radius 3 is 2.34 bits per heavy atom. The molecule has 0 aliphatic carbocycles. The van der Waals surface area contributed by atoms with Crippen LogP contribution in [0.3, 0.4) is 0 Å². The summed E-state index contributed by atoms with van der Waals surface area (Å²) in [5, 5.41) is 0.567. The van der Waals surface area contributed by atoms with Crippen molar-refractivity contribution in [1.29, 1.82) is 0 Å². The fraction of sp³-hybridized carbons (Fsp3) is 0.360. The van der Waals surface area contributed by atoms with Crippen molar-refractivity contribution in [3.05, 3.63) is 88.1 Å². The number of hydrogen-bond acceptors (Lipinski definition) is 5. The van der Waals surface area contributed by atoms with Crippen LogP contribution in [-0.2, 0) is 25.8 Å². The van der Waals surface area contributed by atoms with Gasteiger partial charge in [0.15, 0.2) is 5.69 Å². The molecule has 35 heavy (non-hydrogen) atoms. The predicted molar refractivity (Wildman–Crippen MR) is 126 cm³/mol. The maximum Gasteiger partial charge on any atom is 0.416 e. The quantitative estimate of drug-likeness (QED) is 0.454. The highest BCUT2D eigenvalue weighted by atomic mass is 35.5. The Labute approximate surface area is 206 Å². The van der Waals surface area contributed by atoms with Crippen molar-refractivity contribution in [2.75, 3.05) is 33.2 Å². The standard InChI is InChI=1S/C25H26ClF3N4O2/c1-31-8-10-33(11-9-31)24(34)22-17-35-23(30-22)16-32(15-19-5-3-7-21(26)13-19)14-18-4-2-6-20(12-18)25(27,28)29/h2-7,12-13,17H,8-11,14-16H2,1H3. The maximum atomic E-state index is 13.2. The van der Waals surface area contributed by atoms with Crippen molar-refractivity contribution in [3.63, 3.8) is 0 Å². The van der Waals surface area contributed by atoms with E-state index in [-0.39, 0.29) is 24.7 Å². The SMILES string of the molecule is CN1CCN(C(=O)c2coc(CN(Cc3cccc(Cl)c3)Cc3cccc(C(F)(F)F)c3)n2)CC1. The molecule has 2 aromatic carbocycles. The summed E-state index contributed by atoms with van der Waals surface area (Å²) in [5.74, 6) is 0.129. The Kier molecular flexibility index (Phi) is 7.78. The van der Waals surface area contributed by atoms with Gasteiger partial charge < -0.3 is 14.2 Å². The third-order valence-corrected chi connectivity index (χ3v) is 6.11. The number of aromatic nitrogens is 1. The van der Waals surface area contributed by atoms with Crippen LogP contribution in [0.15, 0.2) is 59.2 Å². The monoisotopic (exact) mass is 506 g/mol. The Morgan fingerprint density at radius 1 is 1.03 bits per heavy atom. The van der Waals surface area contributed by atoms with Crippen LogP contribution in [0.4, 0.5) is 13.2 Å². The van der Waals surface area contributed by atoms with Crippen molar-refractivity contribution < 1.29 is 22.4 Å². The molecule has 4 rings (SSSR count). The van der Waals surface area contributed by atoms with Crippen LogP contribution in [0.2, 0.25) is 5.02 Å². The minimum absolute atomic E-state index is 0.188. The summed E-state index contributed by atoms with van der Waals surface area (Å²) in [6.45, 7) is 3.66. The number of halogens is 4. The highest BCUT2D eigenvalue weighted by molar-refractivity contribution is 6.30.